The zero-order valence-corrected chi connectivity index (χ0v) is 23.1. The number of nitrogens with zero attached hydrogens (tertiary/aromatic N) is 1. The van der Waals surface area contributed by atoms with Crippen LogP contribution in [0, 0.1) is 5.82 Å². The number of amides is 1. The molecule has 0 spiro atoms. The van der Waals surface area contributed by atoms with Crippen LogP contribution >= 0.6 is 0 Å². The lowest BCUT2D eigenvalue weighted by Crippen LogP contribution is -2.36. The van der Waals surface area contributed by atoms with Gasteiger partial charge in [0.1, 0.15) is 11.6 Å². The van der Waals surface area contributed by atoms with Crippen molar-refractivity contribution in [2.75, 3.05) is 26.2 Å². The average molecular weight is 517 g/mol. The predicted molar refractivity (Wildman–Crippen MR) is 152 cm³/mol. The van der Waals surface area contributed by atoms with Crippen LogP contribution in [0.3, 0.4) is 0 Å². The van der Waals surface area contributed by atoms with Gasteiger partial charge in [0.15, 0.2) is 0 Å². The molecule has 1 aliphatic rings. The number of hydrogen-bond acceptors (Lipinski definition) is 3. The van der Waals surface area contributed by atoms with Crippen LogP contribution in [0.5, 0.6) is 5.75 Å². The van der Waals surface area contributed by atoms with Gasteiger partial charge in [-0.15, -0.1) is 0 Å². The molecule has 1 N–H and O–H groups in total. The minimum Gasteiger partial charge on any atom is -0.493 e. The Morgan fingerprint density at radius 2 is 1.79 bits per heavy atom. The maximum atomic E-state index is 13.4. The van der Waals surface area contributed by atoms with E-state index in [1.54, 1.807) is 12.1 Å². The van der Waals surface area contributed by atoms with E-state index in [2.05, 4.69) is 41.4 Å². The minimum atomic E-state index is -0.327. The Labute approximate surface area is 227 Å². The Balaban J connectivity index is 1.52. The molecule has 0 saturated carbocycles. The fraction of sp³-hybridized carbons (Fsp3) is 0.424. The number of halogens is 1. The number of benzene rings is 3. The second-order valence-corrected chi connectivity index (χ2v) is 11.1. The van der Waals surface area contributed by atoms with Crippen LogP contribution in [0.15, 0.2) is 66.7 Å². The topological polar surface area (TPSA) is 41.6 Å². The maximum Gasteiger partial charge on any atom is 0.251 e. The van der Waals surface area contributed by atoms with E-state index in [0.29, 0.717) is 25.1 Å². The molecule has 3 aromatic rings. The predicted octanol–water partition coefficient (Wildman–Crippen LogP) is 6.90. The van der Waals surface area contributed by atoms with Crippen molar-refractivity contribution in [3.05, 3.63) is 100 Å². The monoisotopic (exact) mass is 516 g/mol. The van der Waals surface area contributed by atoms with E-state index < -0.39 is 0 Å². The summed E-state index contributed by atoms with van der Waals surface area (Å²) in [6.45, 7) is 10.7. The number of fused-ring (bicyclic) bond motifs is 3. The Bertz CT molecular complexity index is 1210. The first-order valence-corrected chi connectivity index (χ1v) is 13.9. The Morgan fingerprint density at radius 3 is 2.58 bits per heavy atom. The third-order valence-corrected chi connectivity index (χ3v) is 7.35. The Morgan fingerprint density at radius 1 is 1.00 bits per heavy atom. The summed E-state index contributed by atoms with van der Waals surface area (Å²) < 4.78 is 19.6. The van der Waals surface area contributed by atoms with E-state index in [-0.39, 0.29) is 17.1 Å². The quantitative estimate of drug-likeness (QED) is 0.388. The van der Waals surface area contributed by atoms with Gasteiger partial charge in [0, 0.05) is 30.5 Å². The zero-order chi connectivity index (χ0) is 27.0. The van der Waals surface area contributed by atoms with Crippen LogP contribution in [-0.4, -0.2) is 37.0 Å². The summed E-state index contributed by atoms with van der Waals surface area (Å²) in [6.07, 6.45) is 5.19. The normalized spacial score (nSPS) is 15.2. The molecule has 0 unspecified atom stereocenters. The molecular formula is C33H41FN2O2. The van der Waals surface area contributed by atoms with Gasteiger partial charge in [0.05, 0.1) is 6.61 Å². The summed E-state index contributed by atoms with van der Waals surface area (Å²) in [5.74, 6) is 0.471. The molecule has 1 amide bonds. The summed E-state index contributed by atoms with van der Waals surface area (Å²) in [5, 5.41) is 3.09. The molecule has 0 fully saturated rings. The minimum absolute atomic E-state index is 0.119. The number of hydrogen-bond donors (Lipinski definition) is 1. The van der Waals surface area contributed by atoms with Crippen LogP contribution in [0.25, 0.3) is 0 Å². The SMILES string of the molecule is CCCN1CCCCCOc2ccc(C(=O)NCC(C)(C)c3ccc(F)cc3)cc2Cc2cccc(c2)C1. The van der Waals surface area contributed by atoms with E-state index >= 15 is 0 Å². The first kappa shape index (κ1) is 27.8. The molecule has 3 aromatic carbocycles. The summed E-state index contributed by atoms with van der Waals surface area (Å²) in [7, 11) is 0. The van der Waals surface area contributed by atoms with Gasteiger partial charge in [-0.05, 0) is 91.4 Å². The lowest BCUT2D eigenvalue weighted by Gasteiger charge is -2.26. The maximum absolute atomic E-state index is 13.4. The number of carbonyl (C=O) groups excluding carboxylic acids is 1. The van der Waals surface area contributed by atoms with Crippen molar-refractivity contribution in [1.82, 2.24) is 10.2 Å². The third kappa shape index (κ3) is 7.67. The summed E-state index contributed by atoms with van der Waals surface area (Å²) in [6, 6.07) is 21.0. The lowest BCUT2D eigenvalue weighted by atomic mass is 9.84. The highest BCUT2D eigenvalue weighted by Crippen LogP contribution is 2.26. The molecule has 2 bridgehead atoms. The van der Waals surface area contributed by atoms with Crippen molar-refractivity contribution in [1.29, 1.82) is 0 Å². The van der Waals surface area contributed by atoms with Gasteiger partial charge in [-0.25, -0.2) is 4.39 Å². The summed E-state index contributed by atoms with van der Waals surface area (Å²) in [5.41, 5.74) is 4.84. The van der Waals surface area contributed by atoms with Crippen LogP contribution in [-0.2, 0) is 18.4 Å². The van der Waals surface area contributed by atoms with Crippen molar-refractivity contribution in [2.45, 2.75) is 64.8 Å². The van der Waals surface area contributed by atoms with Gasteiger partial charge < -0.3 is 10.1 Å². The molecule has 1 aliphatic heterocycles. The second kappa shape index (κ2) is 13.1. The van der Waals surface area contributed by atoms with Gasteiger partial charge in [0.2, 0.25) is 0 Å². The highest BCUT2D eigenvalue weighted by molar-refractivity contribution is 5.94. The first-order chi connectivity index (χ1) is 18.3. The molecule has 0 atom stereocenters. The van der Waals surface area contributed by atoms with Crippen LogP contribution in [0.4, 0.5) is 4.39 Å². The fourth-order valence-electron chi connectivity index (χ4n) is 5.10. The van der Waals surface area contributed by atoms with Gasteiger partial charge in [-0.3, -0.25) is 9.69 Å². The Hall–Kier alpha value is -3.18. The van der Waals surface area contributed by atoms with Crippen molar-refractivity contribution in [3.8, 4) is 5.75 Å². The molecule has 0 radical (unpaired) electrons. The van der Waals surface area contributed by atoms with Gasteiger partial charge in [-0.1, -0.05) is 57.2 Å². The molecule has 202 valence electrons. The van der Waals surface area contributed by atoms with Crippen molar-refractivity contribution in [2.24, 2.45) is 0 Å². The van der Waals surface area contributed by atoms with Gasteiger partial charge in [0.25, 0.3) is 5.91 Å². The molecule has 0 aromatic heterocycles. The number of rotatable bonds is 6. The van der Waals surface area contributed by atoms with E-state index in [4.69, 9.17) is 4.74 Å². The van der Waals surface area contributed by atoms with Gasteiger partial charge >= 0.3 is 0 Å². The fourth-order valence-corrected chi connectivity index (χ4v) is 5.10. The first-order valence-electron chi connectivity index (χ1n) is 13.9. The smallest absolute Gasteiger partial charge is 0.251 e. The molecule has 38 heavy (non-hydrogen) atoms. The van der Waals surface area contributed by atoms with E-state index in [0.717, 1.165) is 55.8 Å². The highest BCUT2D eigenvalue weighted by atomic mass is 19.1. The van der Waals surface area contributed by atoms with Crippen molar-refractivity contribution >= 4 is 5.91 Å². The van der Waals surface area contributed by atoms with Gasteiger partial charge in [-0.2, -0.15) is 0 Å². The summed E-state index contributed by atoms with van der Waals surface area (Å²) in [4.78, 5) is 15.7. The standard InChI is InChI=1S/C33H41FN2O2/c1-4-17-36-18-6-5-7-19-38-31-16-11-27(22-28(31)21-25-9-8-10-26(20-25)23-36)32(37)35-24-33(2,3)29-12-14-30(34)15-13-29/h8-16,20,22H,4-7,17-19,21,23-24H2,1-3H3,(H,35,37). The van der Waals surface area contributed by atoms with E-state index in [9.17, 15) is 9.18 Å². The zero-order valence-electron chi connectivity index (χ0n) is 23.1. The average Bonchev–Trinajstić information content (AvgIpc) is 2.90. The van der Waals surface area contributed by atoms with Crippen LogP contribution in [0.2, 0.25) is 0 Å². The van der Waals surface area contributed by atoms with E-state index in [1.165, 1.54) is 29.7 Å². The number of ether oxygens (including phenoxy) is 1. The Kier molecular flexibility index (Phi) is 9.57. The van der Waals surface area contributed by atoms with Crippen molar-refractivity contribution in [3.63, 3.8) is 0 Å². The lowest BCUT2D eigenvalue weighted by molar-refractivity contribution is 0.0945. The number of nitrogens with one attached hydrogen (secondary N) is 1. The molecular weight excluding hydrogens is 475 g/mol. The molecule has 0 aliphatic carbocycles. The number of carbonyl (C=O) groups is 1. The van der Waals surface area contributed by atoms with Crippen LogP contribution in [0.1, 0.15) is 79.1 Å². The highest BCUT2D eigenvalue weighted by Gasteiger charge is 2.22. The summed E-state index contributed by atoms with van der Waals surface area (Å²) >= 11 is 0. The largest absolute Gasteiger partial charge is 0.493 e. The van der Waals surface area contributed by atoms with E-state index in [1.807, 2.05) is 32.0 Å². The molecule has 4 rings (SSSR count). The van der Waals surface area contributed by atoms with Crippen molar-refractivity contribution < 1.29 is 13.9 Å². The molecule has 4 nitrogen and oxygen atoms in total. The second-order valence-electron chi connectivity index (χ2n) is 11.1. The molecule has 0 saturated heterocycles. The molecule has 1 heterocycles. The molecule has 5 heteroatoms. The van der Waals surface area contributed by atoms with Crippen LogP contribution < -0.4 is 10.1 Å². The third-order valence-electron chi connectivity index (χ3n) is 7.35.